The molecule has 0 aliphatic carbocycles. The summed E-state index contributed by atoms with van der Waals surface area (Å²) in [6.45, 7) is 3.03. The van der Waals surface area contributed by atoms with Gasteiger partial charge in [0, 0.05) is 19.4 Å². The summed E-state index contributed by atoms with van der Waals surface area (Å²) in [5, 5.41) is 0. The van der Waals surface area contributed by atoms with Crippen LogP contribution in [0, 0.1) is 0 Å². The normalized spacial score (nSPS) is 16.0. The van der Waals surface area contributed by atoms with E-state index in [0.717, 1.165) is 11.1 Å². The van der Waals surface area contributed by atoms with Crippen LogP contribution in [0.15, 0.2) is 54.1 Å². The second-order valence-corrected chi connectivity index (χ2v) is 6.06. The number of cyclic esters (lactones) is 2. The summed E-state index contributed by atoms with van der Waals surface area (Å²) in [5.74, 6) is -1.94. The third kappa shape index (κ3) is 3.55. The summed E-state index contributed by atoms with van der Waals surface area (Å²) in [5.41, 5.74) is 2.36. The minimum absolute atomic E-state index is 0.136. The third-order valence-electron chi connectivity index (χ3n) is 3.74. The van der Waals surface area contributed by atoms with Gasteiger partial charge in [-0.3, -0.25) is 0 Å². The molecule has 1 aliphatic heterocycles. The largest absolute Gasteiger partial charge is 0.496 e. The maximum Gasteiger partial charge on any atom is 0.348 e. The fourth-order valence-corrected chi connectivity index (χ4v) is 2.60. The van der Waals surface area contributed by atoms with Crippen molar-refractivity contribution in [3.05, 3.63) is 59.7 Å². The monoisotopic (exact) mass is 338 g/mol. The van der Waals surface area contributed by atoms with Crippen molar-refractivity contribution in [3.8, 4) is 16.9 Å². The zero-order valence-corrected chi connectivity index (χ0v) is 14.2. The van der Waals surface area contributed by atoms with Crippen molar-refractivity contribution in [2.24, 2.45) is 0 Å². The Bertz CT molecular complexity index is 828. The molecule has 0 unspecified atom stereocenters. The molecule has 0 bridgehead atoms. The van der Waals surface area contributed by atoms with Crippen LogP contribution in [0.3, 0.4) is 0 Å². The van der Waals surface area contributed by atoms with E-state index in [9.17, 15) is 9.59 Å². The van der Waals surface area contributed by atoms with Gasteiger partial charge in [0.05, 0.1) is 7.11 Å². The molecule has 1 saturated heterocycles. The number of rotatable bonds is 3. The Morgan fingerprint density at radius 3 is 2.20 bits per heavy atom. The van der Waals surface area contributed by atoms with Gasteiger partial charge in [0.25, 0.3) is 5.79 Å². The molecule has 25 heavy (non-hydrogen) atoms. The molecule has 0 spiro atoms. The van der Waals surface area contributed by atoms with Crippen LogP contribution in [0.25, 0.3) is 17.2 Å². The van der Waals surface area contributed by atoms with Crippen LogP contribution in [0.5, 0.6) is 5.75 Å². The van der Waals surface area contributed by atoms with Crippen LogP contribution in [-0.2, 0) is 19.1 Å². The van der Waals surface area contributed by atoms with Gasteiger partial charge in [0.1, 0.15) is 11.3 Å². The number of methoxy groups -OCH3 is 1. The highest BCUT2D eigenvalue weighted by Gasteiger charge is 2.38. The summed E-state index contributed by atoms with van der Waals surface area (Å²) < 4.78 is 15.6. The molecule has 0 radical (unpaired) electrons. The molecule has 0 saturated carbocycles. The Hall–Kier alpha value is -3.08. The molecule has 5 nitrogen and oxygen atoms in total. The van der Waals surface area contributed by atoms with E-state index in [1.807, 2.05) is 36.4 Å². The number of benzene rings is 2. The number of hydrogen-bond donors (Lipinski definition) is 0. The first-order chi connectivity index (χ1) is 11.9. The summed E-state index contributed by atoms with van der Waals surface area (Å²) >= 11 is 0. The molecule has 0 aromatic heterocycles. The van der Waals surface area contributed by atoms with Crippen molar-refractivity contribution in [2.75, 3.05) is 7.11 Å². The average Bonchev–Trinajstić information content (AvgIpc) is 2.58. The molecule has 2 aromatic carbocycles. The standard InChI is InChI=1S/C20H18O5/c1-20(2)24-18(21)16(19(22)25-20)12-13-9-10-17(23-3)15(11-13)14-7-5-4-6-8-14/h4-12H,1-3H3. The fourth-order valence-electron chi connectivity index (χ4n) is 2.60. The first-order valence-electron chi connectivity index (χ1n) is 7.81. The molecule has 0 N–H and O–H groups in total. The number of esters is 2. The molecular weight excluding hydrogens is 320 g/mol. The predicted molar refractivity (Wildman–Crippen MR) is 92.7 cm³/mol. The number of hydrogen-bond acceptors (Lipinski definition) is 5. The van der Waals surface area contributed by atoms with E-state index in [2.05, 4.69) is 0 Å². The maximum atomic E-state index is 12.1. The molecule has 128 valence electrons. The van der Waals surface area contributed by atoms with Gasteiger partial charge in [-0.15, -0.1) is 0 Å². The highest BCUT2D eigenvalue weighted by atomic mass is 16.7. The summed E-state index contributed by atoms with van der Waals surface area (Å²) in [7, 11) is 1.60. The van der Waals surface area contributed by atoms with Crippen LogP contribution in [0.4, 0.5) is 0 Å². The highest BCUT2D eigenvalue weighted by molar-refractivity contribution is 6.18. The van der Waals surface area contributed by atoms with Crippen molar-refractivity contribution in [1.29, 1.82) is 0 Å². The lowest BCUT2D eigenvalue weighted by atomic mass is 10.0. The van der Waals surface area contributed by atoms with Crippen LogP contribution in [-0.4, -0.2) is 24.8 Å². The molecule has 0 atom stereocenters. The summed E-state index contributed by atoms with van der Waals surface area (Å²) in [4.78, 5) is 24.2. The molecule has 1 heterocycles. The molecule has 5 heteroatoms. The smallest absolute Gasteiger partial charge is 0.348 e. The van der Waals surface area contributed by atoms with Gasteiger partial charge < -0.3 is 14.2 Å². The molecule has 1 fully saturated rings. The van der Waals surface area contributed by atoms with Gasteiger partial charge in [-0.2, -0.15) is 0 Å². The van der Waals surface area contributed by atoms with E-state index in [-0.39, 0.29) is 5.57 Å². The van der Waals surface area contributed by atoms with E-state index in [0.29, 0.717) is 11.3 Å². The summed E-state index contributed by atoms with van der Waals surface area (Å²) in [6.07, 6.45) is 1.46. The predicted octanol–water partition coefficient (Wildman–Crippen LogP) is 3.58. The van der Waals surface area contributed by atoms with E-state index >= 15 is 0 Å². The number of ether oxygens (including phenoxy) is 3. The van der Waals surface area contributed by atoms with Crippen molar-refractivity contribution >= 4 is 18.0 Å². The van der Waals surface area contributed by atoms with Crippen LogP contribution >= 0.6 is 0 Å². The second-order valence-electron chi connectivity index (χ2n) is 6.06. The van der Waals surface area contributed by atoms with Gasteiger partial charge in [-0.25, -0.2) is 9.59 Å². The summed E-state index contributed by atoms with van der Waals surface area (Å²) in [6, 6.07) is 15.1. The lowest BCUT2D eigenvalue weighted by Gasteiger charge is -2.29. The van der Waals surface area contributed by atoms with Gasteiger partial charge in [0.15, 0.2) is 0 Å². The Labute approximate surface area is 145 Å². The lowest BCUT2D eigenvalue weighted by Crippen LogP contribution is -2.41. The zero-order chi connectivity index (χ0) is 18.0. The molecule has 3 rings (SSSR count). The van der Waals surface area contributed by atoms with Gasteiger partial charge >= 0.3 is 11.9 Å². The molecular formula is C20H18O5. The zero-order valence-electron chi connectivity index (χ0n) is 14.2. The highest BCUT2D eigenvalue weighted by Crippen LogP contribution is 2.32. The van der Waals surface area contributed by atoms with Gasteiger partial charge in [-0.1, -0.05) is 36.4 Å². The molecule has 1 aliphatic rings. The quantitative estimate of drug-likeness (QED) is 0.486. The minimum Gasteiger partial charge on any atom is -0.496 e. The number of carbonyl (C=O) groups excluding carboxylic acids is 2. The van der Waals surface area contributed by atoms with Crippen molar-refractivity contribution in [1.82, 2.24) is 0 Å². The lowest BCUT2D eigenvalue weighted by molar-refractivity contribution is -0.222. The third-order valence-corrected chi connectivity index (χ3v) is 3.74. The Morgan fingerprint density at radius 1 is 0.960 bits per heavy atom. The first-order valence-corrected chi connectivity index (χ1v) is 7.81. The van der Waals surface area contributed by atoms with E-state index in [4.69, 9.17) is 14.2 Å². The first kappa shape index (κ1) is 16.8. The van der Waals surface area contributed by atoms with Crippen LogP contribution in [0.2, 0.25) is 0 Å². The van der Waals surface area contributed by atoms with Gasteiger partial charge in [0.2, 0.25) is 0 Å². The van der Waals surface area contributed by atoms with Crippen molar-refractivity contribution < 1.29 is 23.8 Å². The van der Waals surface area contributed by atoms with Crippen LogP contribution < -0.4 is 4.74 Å². The van der Waals surface area contributed by atoms with E-state index < -0.39 is 17.7 Å². The fraction of sp³-hybridized carbons (Fsp3) is 0.200. The Kier molecular flexibility index (Phi) is 4.31. The van der Waals surface area contributed by atoms with E-state index in [1.165, 1.54) is 19.9 Å². The van der Waals surface area contributed by atoms with Crippen molar-refractivity contribution in [3.63, 3.8) is 0 Å². The number of carbonyl (C=O) groups is 2. The Morgan fingerprint density at radius 2 is 1.60 bits per heavy atom. The Balaban J connectivity index is 2.02. The molecule has 0 amide bonds. The SMILES string of the molecule is COc1ccc(C=C2C(=O)OC(C)(C)OC2=O)cc1-c1ccccc1. The molecule has 2 aromatic rings. The second kappa shape index (κ2) is 6.43. The van der Waals surface area contributed by atoms with E-state index in [1.54, 1.807) is 19.2 Å². The minimum atomic E-state index is -1.25. The average molecular weight is 338 g/mol. The van der Waals surface area contributed by atoms with Crippen LogP contribution in [0.1, 0.15) is 19.4 Å². The van der Waals surface area contributed by atoms with Gasteiger partial charge in [-0.05, 0) is 29.3 Å². The maximum absolute atomic E-state index is 12.1. The van der Waals surface area contributed by atoms with Crippen molar-refractivity contribution in [2.45, 2.75) is 19.6 Å². The topological polar surface area (TPSA) is 61.8 Å².